The lowest BCUT2D eigenvalue weighted by Crippen LogP contribution is -2.26. The van der Waals surface area contributed by atoms with Crippen molar-refractivity contribution in [3.05, 3.63) is 102 Å². The Morgan fingerprint density at radius 3 is 1.86 bits per heavy atom. The minimum Gasteiger partial charge on any atom is -0.379 e. The molecule has 10 nitrogen and oxygen atoms in total. The van der Waals surface area contributed by atoms with Crippen LogP contribution < -0.4 is 21.8 Å². The molecule has 0 radical (unpaired) electrons. The highest BCUT2D eigenvalue weighted by Gasteiger charge is 2.22. The van der Waals surface area contributed by atoms with Crippen LogP contribution in [0, 0.1) is 13.8 Å². The Morgan fingerprint density at radius 2 is 1.31 bits per heavy atom. The molecule has 11 heteroatoms. The number of halogens is 1. The molecule has 0 bridgehead atoms. The Hall–Kier alpha value is -4.51. The summed E-state index contributed by atoms with van der Waals surface area (Å²) >= 11 is 6.29. The lowest BCUT2D eigenvalue weighted by molar-refractivity contribution is -0.117. The van der Waals surface area contributed by atoms with Crippen LogP contribution in [0.15, 0.2) is 58.4 Å². The fourth-order valence-corrected chi connectivity index (χ4v) is 6.88. The molecule has 2 amide bonds. The van der Waals surface area contributed by atoms with Crippen molar-refractivity contribution in [3.8, 4) is 22.3 Å². The van der Waals surface area contributed by atoms with Crippen LogP contribution in [0.5, 0.6) is 0 Å². The van der Waals surface area contributed by atoms with Gasteiger partial charge in [-0.1, -0.05) is 11.6 Å². The molecule has 49 heavy (non-hydrogen) atoms. The molecule has 1 atom stereocenters. The number of ether oxygens (including phenoxy) is 2. The summed E-state index contributed by atoms with van der Waals surface area (Å²) < 4.78 is 14.8. The molecule has 0 spiro atoms. The van der Waals surface area contributed by atoms with E-state index in [1.54, 1.807) is 36.4 Å². The standard InChI is InChI=1S/C22H26N2O4.C16H15ClN2O2/c1-14-8-17(11-24(2)22(14)26)16-9-15-5-6-20(25)23-21(15)18(10-16)12-28-19-4-3-7-27-13-19;1-9-5-12(8-19(2)16(9)21)11-6-10-3-4-14(20)18-15(10)13(17)7-11/h8-11,19H,3-7,12-13H2,1-2H3,(H,23,25);5-8H,3-4H2,1-2H3,(H,18,20). The van der Waals surface area contributed by atoms with Crippen LogP contribution in [0.2, 0.25) is 5.02 Å². The molecule has 1 saturated heterocycles. The van der Waals surface area contributed by atoms with Crippen molar-refractivity contribution in [3.63, 3.8) is 0 Å². The first-order chi connectivity index (χ1) is 23.5. The van der Waals surface area contributed by atoms with Crippen molar-refractivity contribution in [2.24, 2.45) is 14.1 Å². The smallest absolute Gasteiger partial charge is 0.253 e. The van der Waals surface area contributed by atoms with E-state index in [9.17, 15) is 19.2 Å². The van der Waals surface area contributed by atoms with Gasteiger partial charge in [0.2, 0.25) is 11.8 Å². The van der Waals surface area contributed by atoms with Crippen molar-refractivity contribution >= 4 is 34.8 Å². The number of aromatic nitrogens is 2. The zero-order chi connectivity index (χ0) is 34.8. The normalized spacial score (nSPS) is 16.9. The van der Waals surface area contributed by atoms with Crippen molar-refractivity contribution in [2.75, 3.05) is 23.8 Å². The predicted molar refractivity (Wildman–Crippen MR) is 191 cm³/mol. The number of carbonyl (C=O) groups excluding carboxylic acids is 2. The first-order valence-corrected chi connectivity index (χ1v) is 17.0. The highest BCUT2D eigenvalue weighted by Crippen LogP contribution is 2.36. The van der Waals surface area contributed by atoms with E-state index in [1.807, 2.05) is 37.4 Å². The van der Waals surface area contributed by atoms with E-state index in [-0.39, 0.29) is 29.0 Å². The van der Waals surface area contributed by atoms with Crippen LogP contribution in [0.25, 0.3) is 22.3 Å². The summed E-state index contributed by atoms with van der Waals surface area (Å²) in [6, 6.07) is 11.8. The molecular formula is C38H41ClN4O6. The number of pyridine rings is 2. The first-order valence-electron chi connectivity index (χ1n) is 16.6. The third-order valence-corrected chi connectivity index (χ3v) is 9.53. The van der Waals surface area contributed by atoms with Crippen LogP contribution in [-0.4, -0.2) is 40.3 Å². The number of anilines is 2. The Kier molecular flexibility index (Phi) is 10.2. The Morgan fingerprint density at radius 1 is 0.755 bits per heavy atom. The van der Waals surface area contributed by atoms with Crippen LogP contribution >= 0.6 is 11.6 Å². The summed E-state index contributed by atoms with van der Waals surface area (Å²) in [4.78, 5) is 47.2. The zero-order valence-electron chi connectivity index (χ0n) is 28.3. The molecule has 2 N–H and O–H groups in total. The largest absolute Gasteiger partial charge is 0.379 e. The molecule has 0 saturated carbocycles. The number of hydrogen-bond donors (Lipinski definition) is 2. The second-order valence-electron chi connectivity index (χ2n) is 13.1. The van der Waals surface area contributed by atoms with Gasteiger partial charge in [-0.25, -0.2) is 0 Å². The number of amides is 2. The second-order valence-corrected chi connectivity index (χ2v) is 13.5. The molecule has 2 aromatic carbocycles. The average molecular weight is 685 g/mol. The highest BCUT2D eigenvalue weighted by atomic mass is 35.5. The molecule has 4 aromatic rings. The number of aryl methyl sites for hydroxylation is 6. The van der Waals surface area contributed by atoms with Crippen molar-refractivity contribution in [1.82, 2.24) is 9.13 Å². The molecule has 2 aromatic heterocycles. The number of nitrogens with one attached hydrogen (secondary N) is 2. The van der Waals surface area contributed by atoms with E-state index in [2.05, 4.69) is 22.8 Å². The highest BCUT2D eigenvalue weighted by molar-refractivity contribution is 6.34. The van der Waals surface area contributed by atoms with Crippen LogP contribution in [0.3, 0.4) is 0 Å². The van der Waals surface area contributed by atoms with Gasteiger partial charge in [0.05, 0.1) is 30.0 Å². The average Bonchev–Trinajstić information content (AvgIpc) is 3.09. The Balaban J connectivity index is 0.000000177. The van der Waals surface area contributed by atoms with E-state index in [4.69, 9.17) is 21.1 Å². The van der Waals surface area contributed by atoms with E-state index >= 15 is 0 Å². The predicted octanol–water partition coefficient (Wildman–Crippen LogP) is 5.84. The van der Waals surface area contributed by atoms with Gasteiger partial charge >= 0.3 is 0 Å². The fourth-order valence-electron chi connectivity index (χ4n) is 6.59. The second kappa shape index (κ2) is 14.5. The van der Waals surface area contributed by atoms with Gasteiger partial charge in [0, 0.05) is 68.3 Å². The van der Waals surface area contributed by atoms with Gasteiger partial charge in [-0.15, -0.1) is 0 Å². The molecule has 1 fully saturated rings. The summed E-state index contributed by atoms with van der Waals surface area (Å²) in [5.74, 6) is 0.0376. The summed E-state index contributed by atoms with van der Waals surface area (Å²) in [7, 11) is 3.50. The van der Waals surface area contributed by atoms with Gasteiger partial charge in [0.25, 0.3) is 11.1 Å². The van der Waals surface area contributed by atoms with Gasteiger partial charge in [-0.05, 0) is 109 Å². The molecule has 3 aliphatic rings. The summed E-state index contributed by atoms with van der Waals surface area (Å²) in [5, 5.41) is 6.36. The van der Waals surface area contributed by atoms with Gasteiger partial charge in [0.1, 0.15) is 0 Å². The topological polar surface area (TPSA) is 121 Å². The maximum atomic E-state index is 12.0. The van der Waals surface area contributed by atoms with Gasteiger partial charge in [-0.2, -0.15) is 0 Å². The third-order valence-electron chi connectivity index (χ3n) is 9.23. The van der Waals surface area contributed by atoms with E-state index in [1.165, 1.54) is 0 Å². The quantitative estimate of drug-likeness (QED) is 0.273. The molecule has 1 unspecified atom stereocenters. The van der Waals surface area contributed by atoms with E-state index in [0.717, 1.165) is 64.1 Å². The maximum absolute atomic E-state index is 12.0. The lowest BCUT2D eigenvalue weighted by Gasteiger charge is -2.25. The molecular weight excluding hydrogens is 644 g/mol. The van der Waals surface area contributed by atoms with Crippen LogP contribution in [0.1, 0.15) is 53.5 Å². The van der Waals surface area contributed by atoms with Gasteiger partial charge < -0.3 is 29.2 Å². The first kappa shape index (κ1) is 34.4. The zero-order valence-corrected chi connectivity index (χ0v) is 29.0. The summed E-state index contributed by atoms with van der Waals surface area (Å²) in [6.45, 7) is 5.47. The molecule has 7 rings (SSSR count). The lowest BCUT2D eigenvalue weighted by atomic mass is 9.93. The SMILES string of the molecule is Cc1cc(-c2cc(Cl)c3c(c2)CCC(=O)N3)cn(C)c1=O.Cc1cc(-c2cc3c(c(COC4CCCOC4)c2)NC(=O)CC3)cn(C)c1=O. The number of fused-ring (bicyclic) bond motifs is 2. The van der Waals surface area contributed by atoms with Crippen molar-refractivity contribution in [1.29, 1.82) is 0 Å². The maximum Gasteiger partial charge on any atom is 0.253 e. The number of benzene rings is 2. The van der Waals surface area contributed by atoms with Crippen molar-refractivity contribution in [2.45, 2.75) is 65.1 Å². The minimum atomic E-state index is -0.00456. The van der Waals surface area contributed by atoms with Crippen molar-refractivity contribution < 1.29 is 19.1 Å². The van der Waals surface area contributed by atoms with E-state index in [0.29, 0.717) is 60.7 Å². The molecule has 256 valence electrons. The minimum absolute atomic E-state index is 0.00453. The molecule has 0 aliphatic carbocycles. The number of carbonyl (C=O) groups is 2. The fraction of sp³-hybridized carbons (Fsp3) is 0.368. The number of rotatable bonds is 5. The number of nitrogens with zero attached hydrogens (tertiary/aromatic N) is 2. The Bertz CT molecular complexity index is 2010. The molecule has 5 heterocycles. The molecule has 3 aliphatic heterocycles. The Labute approximate surface area is 290 Å². The summed E-state index contributed by atoms with van der Waals surface area (Å²) in [6.07, 6.45) is 8.10. The van der Waals surface area contributed by atoms with Gasteiger partial charge in [-0.3, -0.25) is 19.2 Å². The van der Waals surface area contributed by atoms with Crippen LogP contribution in [0.4, 0.5) is 11.4 Å². The van der Waals surface area contributed by atoms with E-state index < -0.39 is 0 Å². The van der Waals surface area contributed by atoms with Gasteiger partial charge in [0.15, 0.2) is 0 Å². The number of hydrogen-bond acceptors (Lipinski definition) is 6. The monoisotopic (exact) mass is 684 g/mol. The van der Waals surface area contributed by atoms with Crippen LogP contribution in [-0.2, 0) is 52.6 Å². The third kappa shape index (κ3) is 7.72. The summed E-state index contributed by atoms with van der Waals surface area (Å²) in [5.41, 5.74) is 10.0.